The quantitative estimate of drug-likeness (QED) is 0.722. The van der Waals surface area contributed by atoms with Gasteiger partial charge in [0.05, 0.1) is 17.6 Å². The largest absolute Gasteiger partial charge is 0.325 e. The number of anilines is 1. The molecule has 0 unspecified atom stereocenters. The van der Waals surface area contributed by atoms with Gasteiger partial charge in [-0.1, -0.05) is 6.07 Å². The Labute approximate surface area is 138 Å². The number of rotatable bonds is 4. The molecule has 118 valence electrons. The van der Waals surface area contributed by atoms with E-state index >= 15 is 0 Å². The van der Waals surface area contributed by atoms with Crippen LogP contribution < -0.4 is 5.32 Å². The van der Waals surface area contributed by atoms with Crippen LogP contribution in [0.4, 0.5) is 5.69 Å². The van der Waals surface area contributed by atoms with Crippen molar-refractivity contribution in [2.75, 3.05) is 11.2 Å². The molecule has 7 heteroatoms. The number of H-pyrrole nitrogens is 1. The molecule has 0 saturated heterocycles. The summed E-state index contributed by atoms with van der Waals surface area (Å²) in [4.78, 5) is 11.3. The predicted octanol–water partition coefficient (Wildman–Crippen LogP) is 2.96. The van der Waals surface area contributed by atoms with Crippen molar-refractivity contribution in [1.82, 2.24) is 20.0 Å². The Hall–Kier alpha value is -2.60. The van der Waals surface area contributed by atoms with E-state index < -0.39 is 0 Å². The lowest BCUT2D eigenvalue weighted by Crippen LogP contribution is -2.12. The molecule has 0 saturated carbocycles. The Kier molecular flexibility index (Phi) is 4.16. The second-order valence-corrected chi connectivity index (χ2v) is 5.55. The summed E-state index contributed by atoms with van der Waals surface area (Å²) >= 11 is 5.50. The SMILES string of the molecule is Cc1cc(NC(=O)CCl)ccc1-c1cc(-c2cnn(C)c2)n[nH]1. The lowest BCUT2D eigenvalue weighted by atomic mass is 10.0. The molecule has 1 aromatic carbocycles. The number of carbonyl (C=O) groups is 1. The van der Waals surface area contributed by atoms with Crippen LogP contribution in [0.2, 0.25) is 0 Å². The zero-order valence-corrected chi connectivity index (χ0v) is 13.6. The van der Waals surface area contributed by atoms with Gasteiger partial charge in [0.2, 0.25) is 5.91 Å². The molecular formula is C16H16ClN5O. The Bertz CT molecular complexity index is 852. The van der Waals surface area contributed by atoms with Crippen LogP contribution in [-0.2, 0) is 11.8 Å². The maximum absolute atomic E-state index is 11.3. The third-order valence-corrected chi connectivity index (χ3v) is 3.74. The van der Waals surface area contributed by atoms with E-state index in [2.05, 4.69) is 20.6 Å². The molecule has 2 N–H and O–H groups in total. The van der Waals surface area contributed by atoms with E-state index in [0.29, 0.717) is 0 Å². The number of benzene rings is 1. The third kappa shape index (κ3) is 3.27. The average Bonchev–Trinajstić information content (AvgIpc) is 3.16. The lowest BCUT2D eigenvalue weighted by molar-refractivity contribution is -0.113. The second-order valence-electron chi connectivity index (χ2n) is 5.28. The van der Waals surface area contributed by atoms with Crippen LogP contribution in [0.15, 0.2) is 36.7 Å². The molecule has 0 fully saturated rings. The fraction of sp³-hybridized carbons (Fsp3) is 0.188. The first-order valence-electron chi connectivity index (χ1n) is 7.08. The predicted molar refractivity (Wildman–Crippen MR) is 90.3 cm³/mol. The number of aryl methyl sites for hydroxylation is 2. The molecule has 23 heavy (non-hydrogen) atoms. The number of nitrogens with one attached hydrogen (secondary N) is 2. The van der Waals surface area contributed by atoms with Gasteiger partial charge in [-0.3, -0.25) is 14.6 Å². The number of halogens is 1. The molecule has 3 rings (SSSR count). The van der Waals surface area contributed by atoms with E-state index in [4.69, 9.17) is 11.6 Å². The van der Waals surface area contributed by atoms with Crippen molar-refractivity contribution in [3.8, 4) is 22.5 Å². The molecule has 1 amide bonds. The van der Waals surface area contributed by atoms with E-state index in [1.54, 1.807) is 10.9 Å². The third-order valence-electron chi connectivity index (χ3n) is 3.50. The van der Waals surface area contributed by atoms with Crippen molar-refractivity contribution in [2.24, 2.45) is 7.05 Å². The summed E-state index contributed by atoms with van der Waals surface area (Å²) in [7, 11) is 1.87. The zero-order chi connectivity index (χ0) is 16.4. The van der Waals surface area contributed by atoms with E-state index in [1.807, 2.05) is 44.4 Å². The van der Waals surface area contributed by atoms with E-state index in [0.717, 1.165) is 33.8 Å². The smallest absolute Gasteiger partial charge is 0.239 e. The van der Waals surface area contributed by atoms with E-state index in [1.165, 1.54) is 0 Å². The van der Waals surface area contributed by atoms with Crippen molar-refractivity contribution in [3.05, 3.63) is 42.2 Å². The first-order chi connectivity index (χ1) is 11.1. The highest BCUT2D eigenvalue weighted by Crippen LogP contribution is 2.27. The number of nitrogens with zero attached hydrogens (tertiary/aromatic N) is 3. The standard InChI is InChI=1S/C16H16ClN5O/c1-10-5-12(19-16(23)7-17)3-4-13(10)15-6-14(20-21-15)11-8-18-22(2)9-11/h3-6,8-9H,7H2,1-2H3,(H,19,23)(H,20,21). The molecule has 0 radical (unpaired) electrons. The summed E-state index contributed by atoms with van der Waals surface area (Å²) < 4.78 is 1.74. The van der Waals surface area contributed by atoms with Gasteiger partial charge in [-0.05, 0) is 30.7 Å². The fourth-order valence-electron chi connectivity index (χ4n) is 2.40. The molecule has 0 bridgehead atoms. The Morgan fingerprint density at radius 3 is 2.87 bits per heavy atom. The fourth-order valence-corrected chi connectivity index (χ4v) is 2.47. The maximum Gasteiger partial charge on any atom is 0.239 e. The molecular weight excluding hydrogens is 314 g/mol. The van der Waals surface area contributed by atoms with Gasteiger partial charge in [-0.2, -0.15) is 10.2 Å². The molecule has 3 aromatic rings. The van der Waals surface area contributed by atoms with Crippen LogP contribution in [0.5, 0.6) is 0 Å². The second kappa shape index (κ2) is 6.26. The Morgan fingerprint density at radius 2 is 2.22 bits per heavy atom. The van der Waals surface area contributed by atoms with Crippen molar-refractivity contribution >= 4 is 23.2 Å². The van der Waals surface area contributed by atoms with Crippen LogP contribution in [0.25, 0.3) is 22.5 Å². The monoisotopic (exact) mass is 329 g/mol. The van der Waals surface area contributed by atoms with Crippen molar-refractivity contribution in [1.29, 1.82) is 0 Å². The van der Waals surface area contributed by atoms with Gasteiger partial charge in [-0.15, -0.1) is 11.6 Å². The number of alkyl halides is 1. The molecule has 0 atom stereocenters. The number of hydrogen-bond donors (Lipinski definition) is 2. The minimum absolute atomic E-state index is 0.0597. The van der Waals surface area contributed by atoms with Crippen LogP contribution in [0.3, 0.4) is 0 Å². The number of aromatic amines is 1. The van der Waals surface area contributed by atoms with Gasteiger partial charge in [0.15, 0.2) is 0 Å². The number of aromatic nitrogens is 4. The summed E-state index contributed by atoms with van der Waals surface area (Å²) in [6.07, 6.45) is 3.69. The van der Waals surface area contributed by atoms with E-state index in [-0.39, 0.29) is 11.8 Å². The first kappa shape index (κ1) is 15.3. The number of carbonyl (C=O) groups excluding carboxylic acids is 1. The lowest BCUT2D eigenvalue weighted by Gasteiger charge is -2.07. The van der Waals surface area contributed by atoms with Gasteiger partial charge in [0.1, 0.15) is 5.88 Å². The Morgan fingerprint density at radius 1 is 1.39 bits per heavy atom. The highest BCUT2D eigenvalue weighted by atomic mass is 35.5. The summed E-state index contributed by atoms with van der Waals surface area (Å²) in [5.74, 6) is -0.283. The molecule has 2 aromatic heterocycles. The normalized spacial score (nSPS) is 10.7. The van der Waals surface area contributed by atoms with Gasteiger partial charge in [0.25, 0.3) is 0 Å². The van der Waals surface area contributed by atoms with Crippen molar-refractivity contribution in [2.45, 2.75) is 6.92 Å². The van der Waals surface area contributed by atoms with Gasteiger partial charge in [0, 0.05) is 30.1 Å². The molecule has 6 nitrogen and oxygen atoms in total. The highest BCUT2D eigenvalue weighted by Gasteiger charge is 2.10. The topological polar surface area (TPSA) is 75.6 Å². The maximum atomic E-state index is 11.3. The number of amides is 1. The van der Waals surface area contributed by atoms with Crippen molar-refractivity contribution < 1.29 is 4.79 Å². The highest BCUT2D eigenvalue weighted by molar-refractivity contribution is 6.29. The van der Waals surface area contributed by atoms with Crippen LogP contribution in [0, 0.1) is 6.92 Å². The molecule has 0 spiro atoms. The van der Waals surface area contributed by atoms with Gasteiger partial charge >= 0.3 is 0 Å². The van der Waals surface area contributed by atoms with Gasteiger partial charge < -0.3 is 5.32 Å². The molecule has 2 heterocycles. The van der Waals surface area contributed by atoms with E-state index in [9.17, 15) is 4.79 Å². The molecule has 0 aliphatic rings. The summed E-state index contributed by atoms with van der Waals surface area (Å²) in [6, 6.07) is 7.68. The zero-order valence-electron chi connectivity index (χ0n) is 12.8. The first-order valence-corrected chi connectivity index (χ1v) is 7.61. The summed E-state index contributed by atoms with van der Waals surface area (Å²) in [6.45, 7) is 1.98. The molecule has 0 aliphatic heterocycles. The summed E-state index contributed by atoms with van der Waals surface area (Å²) in [5, 5.41) is 14.3. The number of hydrogen-bond acceptors (Lipinski definition) is 3. The van der Waals surface area contributed by atoms with Crippen LogP contribution in [0.1, 0.15) is 5.56 Å². The Balaban J connectivity index is 1.87. The van der Waals surface area contributed by atoms with Crippen LogP contribution in [-0.4, -0.2) is 31.8 Å². The van der Waals surface area contributed by atoms with Gasteiger partial charge in [-0.25, -0.2) is 0 Å². The van der Waals surface area contributed by atoms with Crippen LogP contribution >= 0.6 is 11.6 Å². The summed E-state index contributed by atoms with van der Waals surface area (Å²) in [5.41, 5.74) is 5.49. The average molecular weight is 330 g/mol. The molecule has 0 aliphatic carbocycles. The minimum atomic E-state index is -0.223. The minimum Gasteiger partial charge on any atom is -0.325 e. The van der Waals surface area contributed by atoms with Crippen molar-refractivity contribution in [3.63, 3.8) is 0 Å².